The van der Waals surface area contributed by atoms with Crippen molar-refractivity contribution < 1.29 is 29.3 Å². The number of carboxylic acid groups (broad SMARTS) is 1. The molecule has 0 heterocycles. The second kappa shape index (κ2) is 11.5. The minimum absolute atomic E-state index is 0.0616. The van der Waals surface area contributed by atoms with Gasteiger partial charge in [-0.1, -0.05) is 48.5 Å². The summed E-state index contributed by atoms with van der Waals surface area (Å²) in [5, 5.41) is 32.3. The molecule has 0 spiro atoms. The van der Waals surface area contributed by atoms with Crippen molar-refractivity contribution in [3.63, 3.8) is 0 Å². The van der Waals surface area contributed by atoms with Gasteiger partial charge in [-0.05, 0) is 48.4 Å². The number of unbranched alkanes of at least 4 members (excludes halogenated alkanes) is 2. The molecule has 2 aromatic rings. The van der Waals surface area contributed by atoms with Crippen molar-refractivity contribution in [2.24, 2.45) is 0 Å². The van der Waals surface area contributed by atoms with Gasteiger partial charge in [0.2, 0.25) is 5.91 Å². The van der Waals surface area contributed by atoms with Gasteiger partial charge in [0, 0.05) is 12.3 Å². The van der Waals surface area contributed by atoms with E-state index < -0.39 is 36.2 Å². The Morgan fingerprint density at radius 1 is 1.09 bits per heavy atom. The first-order chi connectivity index (χ1) is 16.8. The molecular formula is C26H29N3O6. The van der Waals surface area contributed by atoms with E-state index in [2.05, 4.69) is 10.6 Å². The number of carbonyl (C=O) groups excluding carboxylic acids is 2. The van der Waals surface area contributed by atoms with Crippen molar-refractivity contribution >= 4 is 18.0 Å². The largest absolute Gasteiger partial charge is 0.479 e. The van der Waals surface area contributed by atoms with Crippen molar-refractivity contribution in [1.29, 1.82) is 5.26 Å². The van der Waals surface area contributed by atoms with E-state index in [0.717, 1.165) is 22.3 Å². The van der Waals surface area contributed by atoms with Gasteiger partial charge in [-0.25, -0.2) is 9.59 Å². The number of carboxylic acids is 1. The molecule has 0 aromatic heterocycles. The number of rotatable bonds is 11. The topological polar surface area (TPSA) is 149 Å². The highest BCUT2D eigenvalue weighted by atomic mass is 16.5. The third-order valence-electron chi connectivity index (χ3n) is 6.17. The Morgan fingerprint density at radius 2 is 1.69 bits per heavy atom. The summed E-state index contributed by atoms with van der Waals surface area (Å²) in [6, 6.07) is 16.7. The number of amides is 2. The maximum atomic E-state index is 12.8. The van der Waals surface area contributed by atoms with Crippen molar-refractivity contribution in [1.82, 2.24) is 10.6 Å². The van der Waals surface area contributed by atoms with Crippen molar-refractivity contribution in [2.45, 2.75) is 50.1 Å². The molecule has 0 saturated carbocycles. The van der Waals surface area contributed by atoms with Gasteiger partial charge in [0.25, 0.3) is 0 Å². The molecule has 9 nitrogen and oxygen atoms in total. The molecule has 184 valence electrons. The fourth-order valence-corrected chi connectivity index (χ4v) is 4.12. The second-order valence-corrected chi connectivity index (χ2v) is 8.71. The summed E-state index contributed by atoms with van der Waals surface area (Å²) in [7, 11) is 0. The van der Waals surface area contributed by atoms with Gasteiger partial charge in [0.05, 0.1) is 12.7 Å². The van der Waals surface area contributed by atoms with Crippen LogP contribution in [0.4, 0.5) is 4.79 Å². The lowest BCUT2D eigenvalue weighted by Crippen LogP contribution is -2.59. The van der Waals surface area contributed by atoms with Crippen LogP contribution in [0.2, 0.25) is 0 Å². The van der Waals surface area contributed by atoms with Gasteiger partial charge in [-0.3, -0.25) is 4.79 Å². The van der Waals surface area contributed by atoms with E-state index in [-0.39, 0.29) is 18.9 Å². The van der Waals surface area contributed by atoms with Crippen molar-refractivity contribution in [3.8, 4) is 17.2 Å². The molecule has 2 unspecified atom stereocenters. The van der Waals surface area contributed by atoms with Crippen LogP contribution >= 0.6 is 0 Å². The number of hydrogen-bond donors (Lipinski definition) is 4. The summed E-state index contributed by atoms with van der Waals surface area (Å²) in [6.07, 6.45) is 0.635. The van der Waals surface area contributed by atoms with Gasteiger partial charge >= 0.3 is 12.1 Å². The zero-order valence-electron chi connectivity index (χ0n) is 19.5. The van der Waals surface area contributed by atoms with Crippen LogP contribution < -0.4 is 10.6 Å². The molecule has 0 saturated heterocycles. The number of hydrogen-bond acceptors (Lipinski definition) is 6. The third kappa shape index (κ3) is 5.97. The number of carbonyl (C=O) groups is 3. The zero-order valence-corrected chi connectivity index (χ0v) is 19.5. The lowest BCUT2D eigenvalue weighted by molar-refractivity contribution is -0.149. The molecule has 2 amide bonds. The van der Waals surface area contributed by atoms with Crippen LogP contribution in [0, 0.1) is 11.3 Å². The number of benzene rings is 2. The fourth-order valence-electron chi connectivity index (χ4n) is 4.12. The number of aliphatic hydroxyl groups excluding tert-OH is 1. The monoisotopic (exact) mass is 479 g/mol. The van der Waals surface area contributed by atoms with Crippen LogP contribution in [-0.2, 0) is 14.3 Å². The summed E-state index contributed by atoms with van der Waals surface area (Å²) in [5.74, 6) is -2.31. The van der Waals surface area contributed by atoms with Crippen LogP contribution in [0.25, 0.3) is 11.1 Å². The molecule has 4 N–H and O–H groups in total. The van der Waals surface area contributed by atoms with Gasteiger partial charge in [0.1, 0.15) is 12.6 Å². The number of fused-ring (bicyclic) bond motifs is 3. The minimum atomic E-state index is -1.90. The van der Waals surface area contributed by atoms with Crippen LogP contribution in [0.1, 0.15) is 49.7 Å². The highest BCUT2D eigenvalue weighted by molar-refractivity contribution is 5.91. The Morgan fingerprint density at radius 3 is 2.23 bits per heavy atom. The third-order valence-corrected chi connectivity index (χ3v) is 6.17. The molecular weight excluding hydrogens is 450 g/mol. The van der Waals surface area contributed by atoms with Crippen LogP contribution in [0.3, 0.4) is 0 Å². The molecule has 0 fully saturated rings. The van der Waals surface area contributed by atoms with Gasteiger partial charge < -0.3 is 25.6 Å². The summed E-state index contributed by atoms with van der Waals surface area (Å²) in [4.78, 5) is 36.9. The predicted molar refractivity (Wildman–Crippen MR) is 127 cm³/mol. The summed E-state index contributed by atoms with van der Waals surface area (Å²) >= 11 is 0. The number of aliphatic hydroxyl groups is 1. The molecule has 0 radical (unpaired) electrons. The van der Waals surface area contributed by atoms with E-state index in [1.54, 1.807) is 0 Å². The number of ether oxygens (including phenoxy) is 1. The SMILES string of the molecule is CC(CO)(NC(=O)C(CCCCC#N)NC(=O)OCC1c2ccccc2-c2ccccc21)C(=O)O. The molecule has 2 atom stereocenters. The number of nitriles is 1. The van der Waals surface area contributed by atoms with Crippen LogP contribution in [0.15, 0.2) is 48.5 Å². The highest BCUT2D eigenvalue weighted by Crippen LogP contribution is 2.44. The van der Waals surface area contributed by atoms with E-state index in [0.29, 0.717) is 19.3 Å². The summed E-state index contributed by atoms with van der Waals surface area (Å²) in [5.41, 5.74) is 2.37. The number of aliphatic carboxylic acids is 1. The smallest absolute Gasteiger partial charge is 0.407 e. The average molecular weight is 480 g/mol. The Balaban J connectivity index is 1.68. The van der Waals surface area contributed by atoms with E-state index >= 15 is 0 Å². The Kier molecular flexibility index (Phi) is 8.44. The number of alkyl carbamates (subject to hydrolysis) is 1. The van der Waals surface area contributed by atoms with Gasteiger partial charge in [-0.15, -0.1) is 0 Å². The first-order valence-electron chi connectivity index (χ1n) is 11.5. The molecule has 0 aliphatic heterocycles. The lowest BCUT2D eigenvalue weighted by Gasteiger charge is -2.27. The minimum Gasteiger partial charge on any atom is -0.479 e. The maximum absolute atomic E-state index is 12.8. The highest BCUT2D eigenvalue weighted by Gasteiger charge is 2.37. The van der Waals surface area contributed by atoms with Crippen molar-refractivity contribution in [3.05, 3.63) is 59.7 Å². The fraction of sp³-hybridized carbons (Fsp3) is 0.385. The molecule has 0 bridgehead atoms. The van der Waals surface area contributed by atoms with E-state index in [4.69, 9.17) is 10.00 Å². The summed E-state index contributed by atoms with van der Waals surface area (Å²) in [6.45, 7) is 0.416. The summed E-state index contributed by atoms with van der Waals surface area (Å²) < 4.78 is 5.50. The molecule has 1 aliphatic carbocycles. The second-order valence-electron chi connectivity index (χ2n) is 8.71. The molecule has 9 heteroatoms. The normalized spacial score (nSPS) is 14.5. The van der Waals surface area contributed by atoms with Crippen LogP contribution in [0.5, 0.6) is 0 Å². The predicted octanol–water partition coefficient (Wildman–Crippen LogP) is 2.93. The van der Waals surface area contributed by atoms with Crippen molar-refractivity contribution in [2.75, 3.05) is 13.2 Å². The Hall–Kier alpha value is -3.90. The van der Waals surface area contributed by atoms with Gasteiger partial charge in [0.15, 0.2) is 5.54 Å². The van der Waals surface area contributed by atoms with Gasteiger partial charge in [-0.2, -0.15) is 5.26 Å². The van der Waals surface area contributed by atoms with E-state index in [1.165, 1.54) is 6.92 Å². The van der Waals surface area contributed by atoms with E-state index in [9.17, 15) is 24.6 Å². The standard InChI is InChI=1S/C26H29N3O6/c1-26(16-30,24(32)33)29-23(31)22(13-3-2-8-14-27)28-25(34)35-15-21-19-11-6-4-9-17(19)18-10-5-7-12-20(18)21/h4-7,9-12,21-22,30H,2-3,8,13,15-16H2,1H3,(H,28,34)(H,29,31)(H,32,33). The number of nitrogens with one attached hydrogen (secondary N) is 2. The maximum Gasteiger partial charge on any atom is 0.407 e. The first kappa shape index (κ1) is 25.7. The molecule has 2 aromatic carbocycles. The number of nitrogens with zero attached hydrogens (tertiary/aromatic N) is 1. The zero-order chi connectivity index (χ0) is 25.4. The Bertz CT molecular complexity index is 1080. The van der Waals surface area contributed by atoms with E-state index in [1.807, 2.05) is 54.6 Å². The quantitative estimate of drug-likeness (QED) is 0.362. The molecule has 1 aliphatic rings. The van der Waals surface area contributed by atoms with Crippen LogP contribution in [-0.4, -0.2) is 53.0 Å². The molecule has 35 heavy (non-hydrogen) atoms. The average Bonchev–Trinajstić information content (AvgIpc) is 3.18. The first-order valence-corrected chi connectivity index (χ1v) is 11.5. The molecule has 3 rings (SSSR count). The Labute approximate surface area is 203 Å². The lowest BCUT2D eigenvalue weighted by atomic mass is 9.98.